The lowest BCUT2D eigenvalue weighted by atomic mass is 10.00. The van der Waals surface area contributed by atoms with E-state index in [0.29, 0.717) is 12.6 Å². The number of piperidine rings is 1. The Balaban J connectivity index is 1.90. The Morgan fingerprint density at radius 1 is 1.45 bits per heavy atom. The van der Waals surface area contributed by atoms with E-state index in [1.54, 1.807) is 7.11 Å². The predicted octanol–water partition coefficient (Wildman–Crippen LogP) is 2.90. The Kier molecular flexibility index (Phi) is 5.41. The SMILES string of the molecule is CCC1CCCCN1CC(=O)Nc1cccc(OC)c1. The normalized spacial score (nSPS) is 19.6. The molecule has 1 atom stereocenters. The van der Waals surface area contributed by atoms with Crippen molar-refractivity contribution in [2.75, 3.05) is 25.5 Å². The average molecular weight is 276 g/mol. The van der Waals surface area contributed by atoms with Gasteiger partial charge >= 0.3 is 0 Å². The van der Waals surface area contributed by atoms with Gasteiger partial charge in [-0.1, -0.05) is 19.4 Å². The van der Waals surface area contributed by atoms with E-state index in [4.69, 9.17) is 4.74 Å². The Morgan fingerprint density at radius 2 is 2.30 bits per heavy atom. The van der Waals surface area contributed by atoms with Gasteiger partial charge in [-0.2, -0.15) is 0 Å². The molecule has 2 rings (SSSR count). The minimum atomic E-state index is 0.0543. The molecule has 1 N–H and O–H groups in total. The van der Waals surface area contributed by atoms with Crippen LogP contribution in [0.1, 0.15) is 32.6 Å². The average Bonchev–Trinajstić information content (AvgIpc) is 2.48. The van der Waals surface area contributed by atoms with Crippen LogP contribution < -0.4 is 10.1 Å². The van der Waals surface area contributed by atoms with Crippen LogP contribution in [0.2, 0.25) is 0 Å². The zero-order valence-corrected chi connectivity index (χ0v) is 12.4. The van der Waals surface area contributed by atoms with E-state index in [-0.39, 0.29) is 5.91 Å². The Bertz CT molecular complexity index is 448. The summed E-state index contributed by atoms with van der Waals surface area (Å²) in [6.07, 6.45) is 4.81. The number of anilines is 1. The molecule has 1 heterocycles. The largest absolute Gasteiger partial charge is 0.497 e. The maximum absolute atomic E-state index is 12.1. The molecule has 0 bridgehead atoms. The van der Waals surface area contributed by atoms with Crippen LogP contribution in [-0.4, -0.2) is 37.0 Å². The number of nitrogens with one attached hydrogen (secondary N) is 1. The molecule has 4 heteroatoms. The minimum absolute atomic E-state index is 0.0543. The third-order valence-electron chi connectivity index (χ3n) is 3.92. The number of carbonyl (C=O) groups excluding carboxylic acids is 1. The van der Waals surface area contributed by atoms with Gasteiger partial charge in [0.2, 0.25) is 5.91 Å². The third kappa shape index (κ3) is 3.97. The lowest BCUT2D eigenvalue weighted by Gasteiger charge is -2.34. The van der Waals surface area contributed by atoms with Crippen molar-refractivity contribution < 1.29 is 9.53 Å². The standard InChI is InChI=1S/C16H24N2O2/c1-3-14-8-4-5-10-18(14)12-16(19)17-13-7-6-9-15(11-13)20-2/h6-7,9,11,14H,3-5,8,10,12H2,1-2H3,(H,17,19). The van der Waals surface area contributed by atoms with E-state index < -0.39 is 0 Å². The maximum atomic E-state index is 12.1. The van der Waals surface area contributed by atoms with Crippen LogP contribution in [0.3, 0.4) is 0 Å². The van der Waals surface area contributed by atoms with Gasteiger partial charge in [0.1, 0.15) is 5.75 Å². The summed E-state index contributed by atoms with van der Waals surface area (Å²) in [6, 6.07) is 8.02. The number of amides is 1. The van der Waals surface area contributed by atoms with Crippen LogP contribution in [0, 0.1) is 0 Å². The van der Waals surface area contributed by atoms with E-state index in [9.17, 15) is 4.79 Å². The van der Waals surface area contributed by atoms with Crippen molar-refractivity contribution in [1.29, 1.82) is 0 Å². The van der Waals surface area contributed by atoms with Gasteiger partial charge < -0.3 is 10.1 Å². The number of benzene rings is 1. The molecule has 1 amide bonds. The van der Waals surface area contributed by atoms with Gasteiger partial charge in [0.25, 0.3) is 0 Å². The molecule has 1 unspecified atom stereocenters. The fourth-order valence-electron chi connectivity index (χ4n) is 2.82. The number of hydrogen-bond donors (Lipinski definition) is 1. The van der Waals surface area contributed by atoms with E-state index in [1.807, 2.05) is 24.3 Å². The summed E-state index contributed by atoms with van der Waals surface area (Å²) in [5, 5.41) is 2.95. The van der Waals surface area contributed by atoms with E-state index in [2.05, 4.69) is 17.1 Å². The van der Waals surface area contributed by atoms with E-state index in [0.717, 1.165) is 24.4 Å². The molecule has 0 spiro atoms. The molecule has 4 nitrogen and oxygen atoms in total. The molecule has 1 aliphatic heterocycles. The topological polar surface area (TPSA) is 41.6 Å². The number of methoxy groups -OCH3 is 1. The van der Waals surface area contributed by atoms with Crippen LogP contribution in [0.5, 0.6) is 5.75 Å². The highest BCUT2D eigenvalue weighted by molar-refractivity contribution is 5.92. The molecule has 1 aliphatic rings. The number of carbonyl (C=O) groups is 1. The summed E-state index contributed by atoms with van der Waals surface area (Å²) in [5.74, 6) is 0.811. The second-order valence-electron chi connectivity index (χ2n) is 5.31. The first-order valence-electron chi connectivity index (χ1n) is 7.41. The van der Waals surface area contributed by atoms with Crippen molar-refractivity contribution >= 4 is 11.6 Å². The summed E-state index contributed by atoms with van der Waals surface area (Å²) < 4.78 is 5.16. The second kappa shape index (κ2) is 7.29. The molecular weight excluding hydrogens is 252 g/mol. The van der Waals surface area contributed by atoms with Gasteiger partial charge in [0.05, 0.1) is 13.7 Å². The van der Waals surface area contributed by atoms with Gasteiger partial charge in [-0.25, -0.2) is 0 Å². The number of rotatable bonds is 5. The number of ether oxygens (including phenoxy) is 1. The lowest BCUT2D eigenvalue weighted by Crippen LogP contribution is -2.43. The molecule has 0 aliphatic carbocycles. The summed E-state index contributed by atoms with van der Waals surface area (Å²) in [4.78, 5) is 14.5. The summed E-state index contributed by atoms with van der Waals surface area (Å²) in [7, 11) is 1.63. The fourth-order valence-corrected chi connectivity index (χ4v) is 2.82. The van der Waals surface area contributed by atoms with Gasteiger partial charge in [-0.15, -0.1) is 0 Å². The smallest absolute Gasteiger partial charge is 0.238 e. The Morgan fingerprint density at radius 3 is 3.05 bits per heavy atom. The highest BCUT2D eigenvalue weighted by Gasteiger charge is 2.22. The molecule has 1 aromatic carbocycles. The minimum Gasteiger partial charge on any atom is -0.497 e. The highest BCUT2D eigenvalue weighted by atomic mass is 16.5. The Labute approximate surface area is 121 Å². The predicted molar refractivity (Wildman–Crippen MR) is 81.1 cm³/mol. The summed E-state index contributed by atoms with van der Waals surface area (Å²) >= 11 is 0. The number of hydrogen-bond acceptors (Lipinski definition) is 3. The molecule has 1 aromatic rings. The van der Waals surface area contributed by atoms with Crippen molar-refractivity contribution in [3.05, 3.63) is 24.3 Å². The van der Waals surface area contributed by atoms with Gasteiger partial charge in [-0.3, -0.25) is 9.69 Å². The van der Waals surface area contributed by atoms with Crippen molar-refractivity contribution in [1.82, 2.24) is 4.90 Å². The quantitative estimate of drug-likeness (QED) is 0.899. The van der Waals surface area contributed by atoms with Gasteiger partial charge in [0.15, 0.2) is 0 Å². The van der Waals surface area contributed by atoms with Gasteiger partial charge in [-0.05, 0) is 37.9 Å². The van der Waals surface area contributed by atoms with Crippen LogP contribution in [0.25, 0.3) is 0 Å². The van der Waals surface area contributed by atoms with Crippen molar-refractivity contribution in [3.63, 3.8) is 0 Å². The van der Waals surface area contributed by atoms with Crippen LogP contribution in [-0.2, 0) is 4.79 Å². The summed E-state index contributed by atoms with van der Waals surface area (Å²) in [6.45, 7) is 3.71. The lowest BCUT2D eigenvalue weighted by molar-refractivity contribution is -0.118. The number of nitrogens with zero attached hydrogens (tertiary/aromatic N) is 1. The fraction of sp³-hybridized carbons (Fsp3) is 0.562. The zero-order chi connectivity index (χ0) is 14.4. The molecule has 0 radical (unpaired) electrons. The van der Waals surface area contributed by atoms with Crippen LogP contribution in [0.4, 0.5) is 5.69 Å². The number of likely N-dealkylation sites (tertiary alicyclic amines) is 1. The molecule has 110 valence electrons. The molecular formula is C16H24N2O2. The highest BCUT2D eigenvalue weighted by Crippen LogP contribution is 2.20. The Hall–Kier alpha value is -1.55. The van der Waals surface area contributed by atoms with Crippen molar-refractivity contribution in [3.8, 4) is 5.75 Å². The maximum Gasteiger partial charge on any atom is 0.238 e. The van der Waals surface area contributed by atoms with Crippen molar-refractivity contribution in [2.45, 2.75) is 38.6 Å². The first-order valence-corrected chi connectivity index (χ1v) is 7.41. The van der Waals surface area contributed by atoms with Gasteiger partial charge in [0, 0.05) is 17.8 Å². The molecule has 1 saturated heterocycles. The molecule has 1 fully saturated rings. The van der Waals surface area contributed by atoms with Crippen LogP contribution in [0.15, 0.2) is 24.3 Å². The van der Waals surface area contributed by atoms with E-state index >= 15 is 0 Å². The molecule has 0 aromatic heterocycles. The molecule has 0 saturated carbocycles. The third-order valence-corrected chi connectivity index (χ3v) is 3.92. The van der Waals surface area contributed by atoms with E-state index in [1.165, 1.54) is 19.3 Å². The zero-order valence-electron chi connectivity index (χ0n) is 12.4. The monoisotopic (exact) mass is 276 g/mol. The molecule has 20 heavy (non-hydrogen) atoms. The first kappa shape index (κ1) is 14.9. The first-order chi connectivity index (χ1) is 9.72. The van der Waals surface area contributed by atoms with Crippen molar-refractivity contribution in [2.24, 2.45) is 0 Å². The second-order valence-corrected chi connectivity index (χ2v) is 5.31. The summed E-state index contributed by atoms with van der Waals surface area (Å²) in [5.41, 5.74) is 0.791. The van der Waals surface area contributed by atoms with Crippen LogP contribution >= 0.6 is 0 Å².